The summed E-state index contributed by atoms with van der Waals surface area (Å²) in [4.78, 5) is 23.7. The van der Waals surface area contributed by atoms with Crippen molar-refractivity contribution in [1.29, 1.82) is 0 Å². The van der Waals surface area contributed by atoms with E-state index >= 15 is 0 Å². The molecule has 0 radical (unpaired) electrons. The third kappa shape index (κ3) is 4.62. The van der Waals surface area contributed by atoms with E-state index in [1.165, 1.54) is 11.1 Å². The van der Waals surface area contributed by atoms with Gasteiger partial charge in [-0.3, -0.25) is 4.79 Å². The summed E-state index contributed by atoms with van der Waals surface area (Å²) >= 11 is 0. The molecule has 5 heteroatoms. The van der Waals surface area contributed by atoms with Crippen molar-refractivity contribution in [2.45, 2.75) is 26.8 Å². The van der Waals surface area contributed by atoms with Crippen LogP contribution in [0, 0.1) is 13.8 Å². The Balaban J connectivity index is 2.54. The zero-order chi connectivity index (χ0) is 14.4. The molecule has 19 heavy (non-hydrogen) atoms. The standard InChI is InChI=1S/C14H20N2O3/c1-10-5-4-6-12(11(10)2)9-16(3)14(19)15-8-7-13(17)18/h4-6H,7-9H2,1-3H3,(H,15,19)(H,17,18). The first kappa shape index (κ1) is 15.0. The van der Waals surface area contributed by atoms with Gasteiger partial charge in [0.15, 0.2) is 0 Å². The van der Waals surface area contributed by atoms with Crippen molar-refractivity contribution in [3.05, 3.63) is 34.9 Å². The lowest BCUT2D eigenvalue weighted by molar-refractivity contribution is -0.136. The molecule has 0 saturated carbocycles. The number of hydrogen-bond donors (Lipinski definition) is 2. The van der Waals surface area contributed by atoms with Crippen LogP contribution < -0.4 is 5.32 Å². The van der Waals surface area contributed by atoms with Gasteiger partial charge >= 0.3 is 12.0 Å². The monoisotopic (exact) mass is 264 g/mol. The number of hydrogen-bond acceptors (Lipinski definition) is 2. The van der Waals surface area contributed by atoms with Crippen LogP contribution in [-0.4, -0.2) is 35.6 Å². The van der Waals surface area contributed by atoms with E-state index in [1.807, 2.05) is 32.0 Å². The van der Waals surface area contributed by atoms with Gasteiger partial charge in [0.25, 0.3) is 0 Å². The zero-order valence-corrected chi connectivity index (χ0v) is 11.6. The van der Waals surface area contributed by atoms with Crippen molar-refractivity contribution in [3.8, 4) is 0 Å². The topological polar surface area (TPSA) is 69.6 Å². The van der Waals surface area contributed by atoms with E-state index in [1.54, 1.807) is 11.9 Å². The number of rotatable bonds is 5. The predicted molar refractivity (Wildman–Crippen MR) is 73.0 cm³/mol. The van der Waals surface area contributed by atoms with Crippen molar-refractivity contribution in [1.82, 2.24) is 10.2 Å². The molecule has 1 aromatic carbocycles. The lowest BCUT2D eigenvalue weighted by Crippen LogP contribution is -2.37. The lowest BCUT2D eigenvalue weighted by Gasteiger charge is -2.19. The van der Waals surface area contributed by atoms with E-state index in [0.717, 1.165) is 5.56 Å². The highest BCUT2D eigenvalue weighted by molar-refractivity contribution is 5.75. The molecule has 0 atom stereocenters. The predicted octanol–water partition coefficient (Wildman–Crippen LogP) is 1.92. The van der Waals surface area contributed by atoms with Gasteiger partial charge in [-0.1, -0.05) is 18.2 Å². The summed E-state index contributed by atoms with van der Waals surface area (Å²) in [7, 11) is 1.69. The first-order valence-electron chi connectivity index (χ1n) is 6.17. The maximum absolute atomic E-state index is 11.7. The normalized spacial score (nSPS) is 10.1. The molecular weight excluding hydrogens is 244 g/mol. The number of aryl methyl sites for hydroxylation is 1. The fourth-order valence-corrected chi connectivity index (χ4v) is 1.72. The Hall–Kier alpha value is -2.04. The van der Waals surface area contributed by atoms with Gasteiger partial charge in [0, 0.05) is 20.1 Å². The van der Waals surface area contributed by atoms with Crippen LogP contribution in [0.4, 0.5) is 4.79 Å². The number of urea groups is 1. The highest BCUT2D eigenvalue weighted by Gasteiger charge is 2.10. The van der Waals surface area contributed by atoms with E-state index in [0.29, 0.717) is 6.54 Å². The zero-order valence-electron chi connectivity index (χ0n) is 11.6. The molecular formula is C14H20N2O3. The summed E-state index contributed by atoms with van der Waals surface area (Å²) in [5.41, 5.74) is 3.46. The number of nitrogens with zero attached hydrogens (tertiary/aromatic N) is 1. The molecule has 0 saturated heterocycles. The highest BCUT2D eigenvalue weighted by atomic mass is 16.4. The maximum atomic E-state index is 11.7. The smallest absolute Gasteiger partial charge is 0.317 e. The summed E-state index contributed by atoms with van der Waals surface area (Å²) in [6.45, 7) is 4.71. The summed E-state index contributed by atoms with van der Waals surface area (Å²) in [6, 6.07) is 5.73. The third-order valence-electron chi connectivity index (χ3n) is 3.09. The Bertz CT molecular complexity index is 472. The first-order chi connectivity index (χ1) is 8.91. The summed E-state index contributed by atoms with van der Waals surface area (Å²) in [5, 5.41) is 11.1. The highest BCUT2D eigenvalue weighted by Crippen LogP contribution is 2.14. The van der Waals surface area contributed by atoms with E-state index in [-0.39, 0.29) is 19.0 Å². The lowest BCUT2D eigenvalue weighted by atomic mass is 10.0. The van der Waals surface area contributed by atoms with Crippen LogP contribution in [0.3, 0.4) is 0 Å². The van der Waals surface area contributed by atoms with Crippen molar-refractivity contribution < 1.29 is 14.7 Å². The summed E-state index contributed by atoms with van der Waals surface area (Å²) in [5.74, 6) is -0.919. The van der Waals surface area contributed by atoms with Gasteiger partial charge in [-0.15, -0.1) is 0 Å². The Morgan fingerprint density at radius 2 is 2.00 bits per heavy atom. The summed E-state index contributed by atoms with van der Waals surface area (Å²) < 4.78 is 0. The number of carboxylic acids is 1. The van der Waals surface area contributed by atoms with Gasteiger partial charge in [0.05, 0.1) is 6.42 Å². The van der Waals surface area contributed by atoms with Crippen LogP contribution in [0.2, 0.25) is 0 Å². The number of aliphatic carboxylic acids is 1. The van der Waals surface area contributed by atoms with Gasteiger partial charge < -0.3 is 15.3 Å². The molecule has 0 aromatic heterocycles. The fraction of sp³-hybridized carbons (Fsp3) is 0.429. The number of nitrogens with one attached hydrogen (secondary N) is 1. The van der Waals surface area contributed by atoms with Gasteiger partial charge in [-0.2, -0.15) is 0 Å². The number of carbonyl (C=O) groups is 2. The molecule has 1 rings (SSSR count). The van der Waals surface area contributed by atoms with Crippen LogP contribution in [0.25, 0.3) is 0 Å². The molecule has 2 amide bonds. The average molecular weight is 264 g/mol. The van der Waals surface area contributed by atoms with E-state index in [4.69, 9.17) is 5.11 Å². The van der Waals surface area contributed by atoms with Gasteiger partial charge in [-0.05, 0) is 30.5 Å². The number of carbonyl (C=O) groups excluding carboxylic acids is 1. The molecule has 0 heterocycles. The fourth-order valence-electron chi connectivity index (χ4n) is 1.72. The molecule has 0 aliphatic heterocycles. The largest absolute Gasteiger partial charge is 0.481 e. The number of amides is 2. The van der Waals surface area contributed by atoms with Gasteiger partial charge in [-0.25, -0.2) is 4.79 Å². The number of carboxylic acid groups (broad SMARTS) is 1. The minimum absolute atomic E-state index is 0.0664. The van der Waals surface area contributed by atoms with Crippen LogP contribution in [0.15, 0.2) is 18.2 Å². The molecule has 2 N–H and O–H groups in total. The van der Waals surface area contributed by atoms with Crippen molar-refractivity contribution in [2.75, 3.05) is 13.6 Å². The molecule has 0 bridgehead atoms. The third-order valence-corrected chi connectivity index (χ3v) is 3.09. The molecule has 104 valence electrons. The van der Waals surface area contributed by atoms with Crippen molar-refractivity contribution in [2.24, 2.45) is 0 Å². The maximum Gasteiger partial charge on any atom is 0.317 e. The Morgan fingerprint density at radius 3 is 2.63 bits per heavy atom. The Labute approximate surface area is 113 Å². The van der Waals surface area contributed by atoms with Crippen molar-refractivity contribution >= 4 is 12.0 Å². The minimum Gasteiger partial charge on any atom is -0.481 e. The van der Waals surface area contributed by atoms with E-state index in [9.17, 15) is 9.59 Å². The quantitative estimate of drug-likeness (QED) is 0.853. The van der Waals surface area contributed by atoms with Gasteiger partial charge in [0.1, 0.15) is 0 Å². The molecule has 0 unspecified atom stereocenters. The molecule has 0 aliphatic carbocycles. The molecule has 0 spiro atoms. The Morgan fingerprint density at radius 1 is 1.32 bits per heavy atom. The van der Waals surface area contributed by atoms with Crippen LogP contribution in [-0.2, 0) is 11.3 Å². The Kier molecular flexibility index (Phi) is 5.36. The number of benzene rings is 1. The summed E-state index contributed by atoms with van der Waals surface area (Å²) in [6.07, 6.45) is -0.0664. The molecule has 5 nitrogen and oxygen atoms in total. The molecule has 1 aromatic rings. The van der Waals surface area contributed by atoms with Crippen molar-refractivity contribution in [3.63, 3.8) is 0 Å². The van der Waals surface area contributed by atoms with Crippen LogP contribution >= 0.6 is 0 Å². The second kappa shape index (κ2) is 6.78. The van der Waals surface area contributed by atoms with Gasteiger partial charge in [0.2, 0.25) is 0 Å². The van der Waals surface area contributed by atoms with Crippen LogP contribution in [0.1, 0.15) is 23.1 Å². The van der Waals surface area contributed by atoms with Crippen LogP contribution in [0.5, 0.6) is 0 Å². The molecule has 0 aliphatic rings. The average Bonchev–Trinajstić information content (AvgIpc) is 2.34. The van der Waals surface area contributed by atoms with E-state index in [2.05, 4.69) is 5.32 Å². The minimum atomic E-state index is -0.919. The SMILES string of the molecule is Cc1cccc(CN(C)C(=O)NCCC(=O)O)c1C. The second-order valence-electron chi connectivity index (χ2n) is 4.59. The second-order valence-corrected chi connectivity index (χ2v) is 4.59. The molecule has 0 fully saturated rings. The first-order valence-corrected chi connectivity index (χ1v) is 6.17. The van der Waals surface area contributed by atoms with E-state index < -0.39 is 5.97 Å².